The van der Waals surface area contributed by atoms with Crippen molar-refractivity contribution in [2.24, 2.45) is 0 Å². The maximum absolute atomic E-state index is 11.8. The van der Waals surface area contributed by atoms with E-state index in [2.05, 4.69) is 64.2 Å². The molecule has 72 heavy (non-hydrogen) atoms. The zero-order valence-electron chi connectivity index (χ0n) is 39.1. The van der Waals surface area contributed by atoms with Gasteiger partial charge in [-0.2, -0.15) is 4.98 Å². The van der Waals surface area contributed by atoms with Crippen LogP contribution < -0.4 is 35.8 Å². The number of ether oxygens (including phenoxy) is 3. The molecule has 0 radical (unpaired) electrons. The van der Waals surface area contributed by atoms with Gasteiger partial charge in [0.2, 0.25) is 29.6 Å². The number of benzene rings is 4. The van der Waals surface area contributed by atoms with Crippen LogP contribution in [0.2, 0.25) is 10.0 Å². The van der Waals surface area contributed by atoms with Crippen LogP contribution in [0, 0.1) is 0 Å². The third-order valence-electron chi connectivity index (χ3n) is 11.6. The van der Waals surface area contributed by atoms with Crippen LogP contribution in [0.1, 0.15) is 0 Å². The third kappa shape index (κ3) is 11.5. The van der Waals surface area contributed by atoms with E-state index in [4.69, 9.17) is 47.4 Å². The first-order valence-corrected chi connectivity index (χ1v) is 23.6. The molecule has 4 aromatic carbocycles. The van der Waals surface area contributed by atoms with Crippen LogP contribution >= 0.6 is 23.2 Å². The maximum Gasteiger partial charge on any atom is 0.247 e. The average Bonchev–Trinajstić information content (AvgIpc) is 3.41. The summed E-state index contributed by atoms with van der Waals surface area (Å²) in [6.45, 7) is 13.0. The number of pyridine rings is 2. The number of aromatic nitrogens is 6. The van der Waals surface area contributed by atoms with Crippen LogP contribution in [0.15, 0.2) is 141 Å². The first kappa shape index (κ1) is 48.8. The molecule has 0 aliphatic carbocycles. The number of rotatable bonds is 13. The van der Waals surface area contributed by atoms with Crippen LogP contribution in [0.4, 0.5) is 46.3 Å². The monoisotopic (exact) mass is 1000 g/mol. The number of nitrogens with zero attached hydrogens (tertiary/aromatic N) is 8. The number of morpholine rings is 2. The molecule has 2 aliphatic heterocycles. The van der Waals surface area contributed by atoms with Crippen LogP contribution in [0.3, 0.4) is 0 Å². The van der Waals surface area contributed by atoms with Gasteiger partial charge < -0.3 is 45.3 Å². The fourth-order valence-corrected chi connectivity index (χ4v) is 8.57. The van der Waals surface area contributed by atoms with Crippen LogP contribution in [-0.4, -0.2) is 101 Å². The predicted octanol–water partition coefficient (Wildman–Crippen LogP) is 10.1. The molecular weight excluding hydrogens is 956 g/mol. The minimum atomic E-state index is -0.294. The summed E-state index contributed by atoms with van der Waals surface area (Å²) in [5, 5.41) is 14.7. The highest BCUT2D eigenvalue weighted by molar-refractivity contribution is 6.35. The van der Waals surface area contributed by atoms with Gasteiger partial charge in [0, 0.05) is 71.8 Å². The van der Waals surface area contributed by atoms with E-state index in [0.717, 1.165) is 76.5 Å². The summed E-state index contributed by atoms with van der Waals surface area (Å²) >= 11 is 13.3. The van der Waals surface area contributed by atoms with Crippen molar-refractivity contribution < 1.29 is 23.8 Å². The lowest BCUT2D eigenvalue weighted by molar-refractivity contribution is -0.112. The maximum atomic E-state index is 11.8. The van der Waals surface area contributed by atoms with E-state index in [1.54, 1.807) is 37.8 Å². The summed E-state index contributed by atoms with van der Waals surface area (Å²) in [5.41, 5.74) is 7.14. The van der Waals surface area contributed by atoms with E-state index in [9.17, 15) is 9.59 Å². The molecule has 10 rings (SSSR count). The highest BCUT2D eigenvalue weighted by atomic mass is 35.5. The molecule has 2 amide bonds. The van der Waals surface area contributed by atoms with E-state index in [1.165, 1.54) is 12.2 Å². The normalized spacial score (nSPS) is 13.4. The van der Waals surface area contributed by atoms with E-state index < -0.39 is 0 Å². The fraction of sp³-hybridized carbons (Fsp3) is 0.170. The Morgan fingerprint density at radius 1 is 0.597 bits per heavy atom. The summed E-state index contributed by atoms with van der Waals surface area (Å²) in [4.78, 5) is 55.6. The van der Waals surface area contributed by atoms with Crippen molar-refractivity contribution in [3.63, 3.8) is 0 Å². The molecule has 2 fully saturated rings. The van der Waals surface area contributed by atoms with Gasteiger partial charge >= 0.3 is 0 Å². The van der Waals surface area contributed by atoms with Gasteiger partial charge in [-0.15, -0.1) is 0 Å². The number of methoxy groups -OCH3 is 1. The SMILES string of the molecule is C=CC(=O)Nc1cccc(-c2c(Cl)ccc3cnc(Nc4ccc(N5CCOCC5)nc4)nc23)c1.C=CC(=O)Nc1cccc(-c2c(Cl)ccc3cnc(Nc4ccc(N5CCOCC5)nc4OC)nc23)c1. The third-order valence-corrected chi connectivity index (χ3v) is 12.2. The molecule has 4 N–H and O–H groups in total. The van der Waals surface area contributed by atoms with Gasteiger partial charge in [-0.3, -0.25) is 9.59 Å². The summed E-state index contributed by atoms with van der Waals surface area (Å²) in [5.74, 6) is 2.39. The molecule has 2 saturated heterocycles. The van der Waals surface area contributed by atoms with E-state index in [0.29, 0.717) is 82.3 Å². The first-order valence-electron chi connectivity index (χ1n) is 22.8. The predicted molar refractivity (Wildman–Crippen MR) is 285 cm³/mol. The number of nitrogens with one attached hydrogen (secondary N) is 4. The molecule has 6 heterocycles. The lowest BCUT2D eigenvalue weighted by atomic mass is 10.0. The number of hydrogen-bond donors (Lipinski definition) is 4. The minimum absolute atomic E-state index is 0.284. The average molecular weight is 1000 g/mol. The van der Waals surface area contributed by atoms with Crippen molar-refractivity contribution >= 4 is 103 Å². The standard InChI is InChI=1S/C27H25ClN6O3.C26H23ClN6O2/c1-3-23(35)30-19-6-4-5-17(15-19)24-20(28)8-7-18-16-29-27(33-25(18)24)31-21-9-10-22(32-26(21)36-2)34-11-13-37-14-12-34;1-2-23(34)30-19-5-3-4-17(14-19)24-21(27)8-6-18-15-29-26(32-25(18)24)31-20-7-9-22(28-16-20)33-10-12-35-13-11-33/h3-10,15-16H,1,11-14H2,2H3,(H,30,35)(H,29,31,33);2-9,14-16H,1,10-13H2,(H,30,34)(H,29,31,32). The minimum Gasteiger partial charge on any atom is -0.479 e. The van der Waals surface area contributed by atoms with Gasteiger partial charge in [0.05, 0.1) is 66.5 Å². The highest BCUT2D eigenvalue weighted by Gasteiger charge is 2.19. The number of hydrogen-bond acceptors (Lipinski definition) is 15. The van der Waals surface area contributed by atoms with Crippen molar-refractivity contribution in [1.29, 1.82) is 0 Å². The number of amides is 2. The summed E-state index contributed by atoms with van der Waals surface area (Å²) < 4.78 is 16.4. The van der Waals surface area contributed by atoms with Crippen molar-refractivity contribution in [1.82, 2.24) is 29.9 Å². The second-order valence-corrected chi connectivity index (χ2v) is 17.1. The molecular formula is C53H48Cl2N12O5. The molecule has 17 nitrogen and oxygen atoms in total. The zero-order chi connectivity index (χ0) is 50.0. The van der Waals surface area contributed by atoms with Gasteiger partial charge in [0.1, 0.15) is 17.3 Å². The molecule has 4 aromatic heterocycles. The van der Waals surface area contributed by atoms with Crippen LogP contribution in [-0.2, 0) is 19.1 Å². The number of carbonyl (C=O) groups excluding carboxylic acids is 2. The largest absolute Gasteiger partial charge is 0.479 e. The van der Waals surface area contributed by atoms with Crippen molar-refractivity contribution in [2.45, 2.75) is 0 Å². The van der Waals surface area contributed by atoms with Crippen LogP contribution in [0.25, 0.3) is 44.1 Å². The summed E-state index contributed by atoms with van der Waals surface area (Å²) in [6, 6.07) is 30.0. The van der Waals surface area contributed by atoms with Gasteiger partial charge in [-0.05, 0) is 96.1 Å². The molecule has 8 aromatic rings. The van der Waals surface area contributed by atoms with E-state index in [1.807, 2.05) is 84.9 Å². The first-order chi connectivity index (χ1) is 35.2. The molecule has 0 bridgehead atoms. The Kier molecular flexibility index (Phi) is 15.4. The molecule has 2 aliphatic rings. The van der Waals surface area contributed by atoms with Gasteiger partial charge in [-0.25, -0.2) is 24.9 Å². The van der Waals surface area contributed by atoms with Crippen LogP contribution in [0.5, 0.6) is 5.88 Å². The smallest absolute Gasteiger partial charge is 0.247 e. The van der Waals surface area contributed by atoms with Gasteiger partial charge in [0.25, 0.3) is 0 Å². The Balaban J connectivity index is 0.000000178. The quantitative estimate of drug-likeness (QED) is 0.0797. The Bertz CT molecular complexity index is 3300. The van der Waals surface area contributed by atoms with Gasteiger partial charge in [0.15, 0.2) is 0 Å². The van der Waals surface area contributed by atoms with E-state index >= 15 is 0 Å². The number of fused-ring (bicyclic) bond motifs is 2. The molecule has 0 saturated carbocycles. The lowest BCUT2D eigenvalue weighted by Gasteiger charge is -2.28. The molecule has 19 heteroatoms. The highest BCUT2D eigenvalue weighted by Crippen LogP contribution is 2.38. The van der Waals surface area contributed by atoms with Crippen molar-refractivity contribution in [2.75, 3.05) is 90.8 Å². The Morgan fingerprint density at radius 3 is 1.61 bits per heavy atom. The lowest BCUT2D eigenvalue weighted by Crippen LogP contribution is -2.36. The summed E-state index contributed by atoms with van der Waals surface area (Å²) in [7, 11) is 1.58. The number of halogens is 2. The number of carbonyl (C=O) groups is 2. The fourth-order valence-electron chi connectivity index (χ4n) is 8.05. The molecule has 364 valence electrons. The van der Waals surface area contributed by atoms with Crippen molar-refractivity contribution in [3.8, 4) is 28.1 Å². The zero-order valence-corrected chi connectivity index (χ0v) is 40.6. The molecule has 0 unspecified atom stereocenters. The molecule has 0 atom stereocenters. The van der Waals surface area contributed by atoms with E-state index in [-0.39, 0.29) is 11.8 Å². The summed E-state index contributed by atoms with van der Waals surface area (Å²) in [6.07, 6.45) is 7.70. The Morgan fingerprint density at radius 2 is 1.11 bits per heavy atom. The Labute approximate surface area is 424 Å². The van der Waals surface area contributed by atoms with Gasteiger partial charge in [-0.1, -0.05) is 60.6 Å². The number of anilines is 8. The van der Waals surface area contributed by atoms with Crippen molar-refractivity contribution in [3.05, 3.63) is 151 Å². The second kappa shape index (κ2) is 22.7. The topological polar surface area (TPSA) is 194 Å². The second-order valence-electron chi connectivity index (χ2n) is 16.2. The Hall–Kier alpha value is -8.22. The molecule has 0 spiro atoms.